The summed E-state index contributed by atoms with van der Waals surface area (Å²) in [6, 6.07) is 12.0. The van der Waals surface area contributed by atoms with Crippen molar-refractivity contribution in [2.75, 3.05) is 0 Å². The fourth-order valence-corrected chi connectivity index (χ4v) is 2.72. The van der Waals surface area contributed by atoms with Crippen LogP contribution in [0, 0.1) is 20.8 Å². The van der Waals surface area contributed by atoms with Crippen LogP contribution in [0.5, 0.6) is 0 Å². The van der Waals surface area contributed by atoms with E-state index in [9.17, 15) is 4.79 Å². The molecule has 1 N–H and O–H groups in total. The highest BCUT2D eigenvalue weighted by atomic mass is 31.1. The van der Waals surface area contributed by atoms with Gasteiger partial charge in [0.1, 0.15) is 0 Å². The van der Waals surface area contributed by atoms with Crippen LogP contribution in [0.25, 0.3) is 0 Å². The van der Waals surface area contributed by atoms with E-state index in [0.29, 0.717) is 0 Å². The predicted molar refractivity (Wildman–Crippen MR) is 92.5 cm³/mol. The predicted octanol–water partition coefficient (Wildman–Crippen LogP) is 4.06. The van der Waals surface area contributed by atoms with Crippen molar-refractivity contribution < 1.29 is 14.3 Å². The largest absolute Gasteiger partial charge is 0.348 e. The van der Waals surface area contributed by atoms with E-state index in [1.807, 2.05) is 38.1 Å². The molecule has 0 saturated carbocycles. The van der Waals surface area contributed by atoms with Crippen LogP contribution >= 0.6 is 8.69 Å². The molecular formula is C18H23O3P. The van der Waals surface area contributed by atoms with Crippen LogP contribution in [-0.2, 0) is 11.0 Å². The highest BCUT2D eigenvalue weighted by Gasteiger charge is 2.16. The number of benzene rings is 2. The maximum atomic E-state index is 12.8. The van der Waals surface area contributed by atoms with Gasteiger partial charge in [-0.3, -0.25) is 9.36 Å². The summed E-state index contributed by atoms with van der Waals surface area (Å²) in [5, 5.41) is 0. The first-order chi connectivity index (χ1) is 10.5. The smallest absolute Gasteiger partial charge is 0.193 e. The van der Waals surface area contributed by atoms with E-state index in [-0.39, 0.29) is 5.78 Å². The Bertz CT molecular complexity index is 655. The van der Waals surface area contributed by atoms with Crippen molar-refractivity contribution in [3.05, 3.63) is 69.8 Å². The second-order valence-electron chi connectivity index (χ2n) is 5.22. The van der Waals surface area contributed by atoms with Crippen LogP contribution < -0.4 is 0 Å². The first kappa shape index (κ1) is 18.3. The lowest BCUT2D eigenvalue weighted by molar-refractivity contribution is 0.103. The third-order valence-corrected chi connectivity index (χ3v) is 3.55. The Morgan fingerprint density at radius 3 is 2.09 bits per heavy atom. The lowest BCUT2D eigenvalue weighted by atomic mass is 9.90. The molecule has 0 heterocycles. The van der Waals surface area contributed by atoms with Crippen molar-refractivity contribution >= 4 is 14.5 Å². The summed E-state index contributed by atoms with van der Waals surface area (Å²) in [4.78, 5) is 19.9. The monoisotopic (exact) mass is 318 g/mol. The van der Waals surface area contributed by atoms with Gasteiger partial charge < -0.3 is 4.89 Å². The Morgan fingerprint density at radius 1 is 1.09 bits per heavy atom. The van der Waals surface area contributed by atoms with Gasteiger partial charge in [0.05, 0.1) is 0 Å². The standard InChI is InChI=1S/C18H20O.H3O2P/c1-5-15-8-6-7-9-16(15)18(19)17-13(3)10-12(2)11-14(17)4;1-3-2/h6-11H,5H2,1-4H3;3H2,(H,1,2). The van der Waals surface area contributed by atoms with Gasteiger partial charge in [0.25, 0.3) is 0 Å². The molecule has 22 heavy (non-hydrogen) atoms. The second-order valence-corrected chi connectivity index (χ2v) is 5.43. The van der Waals surface area contributed by atoms with Crippen LogP contribution in [-0.4, -0.2) is 10.7 Å². The third-order valence-electron chi connectivity index (χ3n) is 3.55. The van der Waals surface area contributed by atoms with Gasteiger partial charge in [0, 0.05) is 11.1 Å². The summed E-state index contributed by atoms with van der Waals surface area (Å²) in [5.41, 5.74) is 6.13. The zero-order valence-electron chi connectivity index (χ0n) is 13.5. The Balaban J connectivity index is 0.000000745. The fraction of sp³-hybridized carbons (Fsp3) is 0.278. The van der Waals surface area contributed by atoms with Crippen molar-refractivity contribution in [1.29, 1.82) is 0 Å². The van der Waals surface area contributed by atoms with Crippen molar-refractivity contribution in [2.24, 2.45) is 0 Å². The molecule has 1 unspecified atom stereocenters. The molecule has 0 aliphatic heterocycles. The normalized spacial score (nSPS) is 10.4. The van der Waals surface area contributed by atoms with Gasteiger partial charge >= 0.3 is 0 Å². The van der Waals surface area contributed by atoms with Crippen molar-refractivity contribution in [3.63, 3.8) is 0 Å². The second kappa shape index (κ2) is 8.67. The zero-order chi connectivity index (χ0) is 16.7. The van der Waals surface area contributed by atoms with E-state index >= 15 is 0 Å². The van der Waals surface area contributed by atoms with Gasteiger partial charge in [-0.05, 0) is 43.9 Å². The van der Waals surface area contributed by atoms with Crippen molar-refractivity contribution in [3.8, 4) is 0 Å². The van der Waals surface area contributed by atoms with E-state index < -0.39 is 8.69 Å². The molecule has 0 spiro atoms. The topological polar surface area (TPSA) is 54.4 Å². The van der Waals surface area contributed by atoms with Gasteiger partial charge in [-0.1, -0.05) is 48.9 Å². The summed E-state index contributed by atoms with van der Waals surface area (Å²) in [6.07, 6.45) is 0.881. The quantitative estimate of drug-likeness (QED) is 0.686. The molecule has 0 fully saturated rings. The highest BCUT2D eigenvalue weighted by molar-refractivity contribution is 7.16. The van der Waals surface area contributed by atoms with Crippen LogP contribution in [0.1, 0.15) is 45.1 Å². The zero-order valence-corrected chi connectivity index (χ0v) is 14.7. The molecule has 2 rings (SSSR count). The maximum absolute atomic E-state index is 12.8. The van der Waals surface area contributed by atoms with Crippen LogP contribution in [0.3, 0.4) is 0 Å². The molecule has 2 aromatic carbocycles. The van der Waals surface area contributed by atoms with Crippen molar-refractivity contribution in [2.45, 2.75) is 34.1 Å². The van der Waals surface area contributed by atoms with Crippen LogP contribution in [0.2, 0.25) is 0 Å². The summed E-state index contributed by atoms with van der Waals surface area (Å²) >= 11 is 0. The van der Waals surface area contributed by atoms with Gasteiger partial charge in [0.15, 0.2) is 14.5 Å². The lowest BCUT2D eigenvalue weighted by Gasteiger charge is -2.12. The van der Waals surface area contributed by atoms with E-state index in [4.69, 9.17) is 9.46 Å². The molecule has 0 aliphatic carbocycles. The van der Waals surface area contributed by atoms with Crippen molar-refractivity contribution in [1.82, 2.24) is 0 Å². The molecule has 0 aromatic heterocycles. The average molecular weight is 318 g/mol. The Morgan fingerprint density at radius 2 is 1.59 bits per heavy atom. The minimum Gasteiger partial charge on any atom is -0.348 e. The minimum atomic E-state index is -1.50. The summed E-state index contributed by atoms with van der Waals surface area (Å²) in [6.45, 7) is 8.18. The number of hydrogen-bond acceptors (Lipinski definition) is 2. The lowest BCUT2D eigenvalue weighted by Crippen LogP contribution is -2.09. The molecule has 1 atom stereocenters. The molecule has 0 saturated heterocycles. The molecule has 4 heteroatoms. The Labute approximate surface area is 133 Å². The first-order valence-corrected chi connectivity index (χ1v) is 8.23. The molecule has 0 amide bonds. The molecule has 0 radical (unpaired) electrons. The summed E-state index contributed by atoms with van der Waals surface area (Å²) < 4.78 is 8.57. The maximum Gasteiger partial charge on any atom is 0.193 e. The van der Waals surface area contributed by atoms with Crippen LogP contribution in [0.4, 0.5) is 0 Å². The average Bonchev–Trinajstić information content (AvgIpc) is 2.46. The molecule has 0 aliphatic rings. The Hall–Kier alpha value is -1.70. The molecule has 118 valence electrons. The fourth-order valence-electron chi connectivity index (χ4n) is 2.72. The van der Waals surface area contributed by atoms with E-state index in [1.165, 1.54) is 5.56 Å². The minimum absolute atomic E-state index is 0.146. The van der Waals surface area contributed by atoms with E-state index in [0.717, 1.165) is 34.2 Å². The SMILES string of the molecule is CCc1ccccc1C(=O)c1c(C)cc(C)cc1C.O=[PH2]O. The number of hydrogen-bond donors (Lipinski definition) is 1. The van der Waals surface area contributed by atoms with Gasteiger partial charge in [-0.25, -0.2) is 0 Å². The number of aryl methyl sites for hydroxylation is 4. The van der Waals surface area contributed by atoms with Gasteiger partial charge in [-0.2, -0.15) is 0 Å². The number of ketones is 1. The van der Waals surface area contributed by atoms with E-state index in [1.54, 1.807) is 0 Å². The Kier molecular flexibility index (Phi) is 7.23. The summed E-state index contributed by atoms with van der Waals surface area (Å²) in [7, 11) is -1.50. The van der Waals surface area contributed by atoms with Gasteiger partial charge in [0.2, 0.25) is 0 Å². The molecule has 3 nitrogen and oxygen atoms in total. The number of carbonyl (C=O) groups is 1. The third kappa shape index (κ3) is 4.40. The first-order valence-electron chi connectivity index (χ1n) is 7.24. The summed E-state index contributed by atoms with van der Waals surface area (Å²) in [5.74, 6) is 0.146. The van der Waals surface area contributed by atoms with Gasteiger partial charge in [-0.15, -0.1) is 0 Å². The van der Waals surface area contributed by atoms with E-state index in [2.05, 4.69) is 26.0 Å². The molecule has 2 aromatic rings. The number of carbonyl (C=O) groups excluding carboxylic acids is 1. The molecular weight excluding hydrogens is 295 g/mol. The van der Waals surface area contributed by atoms with Crippen LogP contribution in [0.15, 0.2) is 36.4 Å². The highest BCUT2D eigenvalue weighted by Crippen LogP contribution is 2.22. The molecule has 0 bridgehead atoms. The number of rotatable bonds is 3.